The van der Waals surface area contributed by atoms with Gasteiger partial charge >= 0.3 is 5.97 Å². The SMILES string of the molecule is CCCC/C=C/c1cc(Cn2nc(C(=O)O)cc2C)n2nc(-c3ccccc3)cc2c1. The van der Waals surface area contributed by atoms with Crippen LogP contribution in [0.4, 0.5) is 0 Å². The number of pyridine rings is 1. The predicted molar refractivity (Wildman–Crippen MR) is 122 cm³/mol. The molecule has 0 fully saturated rings. The van der Waals surface area contributed by atoms with E-state index in [-0.39, 0.29) is 5.69 Å². The first-order valence-corrected chi connectivity index (χ1v) is 10.6. The fourth-order valence-electron chi connectivity index (χ4n) is 3.62. The summed E-state index contributed by atoms with van der Waals surface area (Å²) in [6, 6.07) is 18.0. The van der Waals surface area contributed by atoms with Crippen molar-refractivity contribution in [3.05, 3.63) is 83.3 Å². The summed E-state index contributed by atoms with van der Waals surface area (Å²) in [4.78, 5) is 11.3. The quantitative estimate of drug-likeness (QED) is 0.389. The predicted octanol–water partition coefficient (Wildman–Crippen LogP) is 5.46. The molecule has 0 bridgehead atoms. The second kappa shape index (κ2) is 9.00. The standard InChI is InChI=1S/C25H26N4O2/c1-3-4-5-7-10-19-14-21-16-23(20-11-8-6-9-12-20)27-29(21)22(15-19)17-28-18(2)13-24(26-28)25(30)31/h6-16H,3-5,17H2,1-2H3,(H,30,31)/b10-7+. The van der Waals surface area contributed by atoms with Crippen LogP contribution in [0.3, 0.4) is 0 Å². The van der Waals surface area contributed by atoms with Gasteiger partial charge in [-0.15, -0.1) is 0 Å². The molecule has 4 aromatic rings. The van der Waals surface area contributed by atoms with Gasteiger partial charge in [-0.25, -0.2) is 9.31 Å². The molecule has 0 spiro atoms. The van der Waals surface area contributed by atoms with Crippen molar-refractivity contribution in [2.24, 2.45) is 0 Å². The summed E-state index contributed by atoms with van der Waals surface area (Å²) in [5.74, 6) is -1.02. The lowest BCUT2D eigenvalue weighted by atomic mass is 10.1. The number of carboxylic acid groups (broad SMARTS) is 1. The van der Waals surface area contributed by atoms with E-state index in [1.807, 2.05) is 41.8 Å². The molecule has 0 atom stereocenters. The van der Waals surface area contributed by atoms with Crippen LogP contribution in [0.1, 0.15) is 53.6 Å². The number of aromatic carboxylic acids is 1. The number of unbranched alkanes of at least 4 members (excludes halogenated alkanes) is 2. The second-order valence-electron chi connectivity index (χ2n) is 7.69. The lowest BCUT2D eigenvalue weighted by molar-refractivity contribution is 0.0689. The van der Waals surface area contributed by atoms with E-state index in [1.165, 1.54) is 12.8 Å². The van der Waals surface area contributed by atoms with Crippen molar-refractivity contribution in [2.75, 3.05) is 0 Å². The van der Waals surface area contributed by atoms with Gasteiger partial charge in [0.15, 0.2) is 5.69 Å². The first-order chi connectivity index (χ1) is 15.0. The maximum atomic E-state index is 11.3. The molecule has 31 heavy (non-hydrogen) atoms. The van der Waals surface area contributed by atoms with Crippen molar-refractivity contribution >= 4 is 17.6 Å². The maximum absolute atomic E-state index is 11.3. The van der Waals surface area contributed by atoms with E-state index in [0.717, 1.165) is 40.1 Å². The van der Waals surface area contributed by atoms with Crippen LogP contribution in [0, 0.1) is 6.92 Å². The molecular formula is C25H26N4O2. The topological polar surface area (TPSA) is 72.4 Å². The Kier molecular flexibility index (Phi) is 5.98. The first-order valence-electron chi connectivity index (χ1n) is 10.6. The van der Waals surface area contributed by atoms with Gasteiger partial charge in [0.1, 0.15) is 0 Å². The smallest absolute Gasteiger partial charge is 0.356 e. The van der Waals surface area contributed by atoms with E-state index in [1.54, 1.807) is 10.7 Å². The normalized spacial score (nSPS) is 11.5. The van der Waals surface area contributed by atoms with E-state index in [0.29, 0.717) is 6.54 Å². The molecule has 0 saturated heterocycles. The second-order valence-corrected chi connectivity index (χ2v) is 7.69. The Bertz CT molecular complexity index is 1240. The number of hydrogen-bond acceptors (Lipinski definition) is 3. The van der Waals surface area contributed by atoms with E-state index in [2.05, 4.69) is 42.4 Å². The molecule has 4 rings (SSSR count). The van der Waals surface area contributed by atoms with Crippen LogP contribution >= 0.6 is 0 Å². The summed E-state index contributed by atoms with van der Waals surface area (Å²) in [7, 11) is 0. The third-order valence-electron chi connectivity index (χ3n) is 5.27. The Morgan fingerprint density at radius 2 is 1.90 bits per heavy atom. The van der Waals surface area contributed by atoms with Gasteiger partial charge in [-0.2, -0.15) is 10.2 Å². The number of rotatable bonds is 8. The third kappa shape index (κ3) is 4.58. The number of aryl methyl sites for hydroxylation is 1. The summed E-state index contributed by atoms with van der Waals surface area (Å²) >= 11 is 0. The van der Waals surface area contributed by atoms with Gasteiger partial charge < -0.3 is 5.11 Å². The molecule has 0 aliphatic carbocycles. The average Bonchev–Trinajstić information content (AvgIpc) is 3.36. The van der Waals surface area contributed by atoms with Gasteiger partial charge in [-0.05, 0) is 43.2 Å². The molecule has 6 nitrogen and oxygen atoms in total. The van der Waals surface area contributed by atoms with Crippen molar-refractivity contribution in [1.29, 1.82) is 0 Å². The van der Waals surface area contributed by atoms with Gasteiger partial charge in [0.25, 0.3) is 0 Å². The monoisotopic (exact) mass is 414 g/mol. The molecule has 0 radical (unpaired) electrons. The molecule has 3 aromatic heterocycles. The van der Waals surface area contributed by atoms with Crippen LogP contribution in [0.5, 0.6) is 0 Å². The summed E-state index contributed by atoms with van der Waals surface area (Å²) in [5, 5.41) is 18.4. The van der Waals surface area contributed by atoms with E-state index < -0.39 is 5.97 Å². The minimum atomic E-state index is -1.02. The maximum Gasteiger partial charge on any atom is 0.356 e. The summed E-state index contributed by atoms with van der Waals surface area (Å²) in [5.41, 5.74) is 5.84. The Balaban J connectivity index is 1.77. The zero-order chi connectivity index (χ0) is 21.8. The average molecular weight is 415 g/mol. The zero-order valence-electron chi connectivity index (χ0n) is 17.8. The zero-order valence-corrected chi connectivity index (χ0v) is 17.8. The molecule has 158 valence electrons. The third-order valence-corrected chi connectivity index (χ3v) is 5.27. The number of benzene rings is 1. The lowest BCUT2D eigenvalue weighted by Gasteiger charge is -2.09. The largest absolute Gasteiger partial charge is 0.476 e. The number of carbonyl (C=O) groups is 1. The summed E-state index contributed by atoms with van der Waals surface area (Å²) in [6.45, 7) is 4.49. The van der Waals surface area contributed by atoms with Crippen LogP contribution in [-0.4, -0.2) is 30.5 Å². The fraction of sp³-hybridized carbons (Fsp3) is 0.240. The highest BCUT2D eigenvalue weighted by molar-refractivity contribution is 5.85. The molecule has 1 aromatic carbocycles. The van der Waals surface area contributed by atoms with Gasteiger partial charge in [-0.3, -0.25) is 4.68 Å². The molecule has 0 aliphatic heterocycles. The van der Waals surface area contributed by atoms with Crippen LogP contribution < -0.4 is 0 Å². The molecule has 0 aliphatic rings. The lowest BCUT2D eigenvalue weighted by Crippen LogP contribution is -2.10. The molecule has 1 N–H and O–H groups in total. The number of allylic oxidation sites excluding steroid dienone is 1. The van der Waals surface area contributed by atoms with Crippen molar-refractivity contribution in [3.63, 3.8) is 0 Å². The highest BCUT2D eigenvalue weighted by atomic mass is 16.4. The molecule has 0 amide bonds. The van der Waals surface area contributed by atoms with Gasteiger partial charge in [-0.1, -0.05) is 62.2 Å². The van der Waals surface area contributed by atoms with Crippen molar-refractivity contribution in [3.8, 4) is 11.3 Å². The fourth-order valence-corrected chi connectivity index (χ4v) is 3.62. The van der Waals surface area contributed by atoms with Crippen LogP contribution in [0.2, 0.25) is 0 Å². The highest BCUT2D eigenvalue weighted by Gasteiger charge is 2.14. The number of carboxylic acids is 1. The number of nitrogens with zero attached hydrogens (tertiary/aromatic N) is 4. The van der Waals surface area contributed by atoms with Crippen LogP contribution in [0.25, 0.3) is 22.9 Å². The molecule has 0 unspecified atom stereocenters. The Labute approximate surface area is 181 Å². The minimum Gasteiger partial charge on any atom is -0.476 e. The van der Waals surface area contributed by atoms with Gasteiger partial charge in [0.2, 0.25) is 0 Å². The first kappa shape index (κ1) is 20.6. The van der Waals surface area contributed by atoms with E-state index in [4.69, 9.17) is 5.10 Å². The molecule has 6 heteroatoms. The summed E-state index contributed by atoms with van der Waals surface area (Å²) < 4.78 is 3.64. The van der Waals surface area contributed by atoms with Crippen molar-refractivity contribution in [1.82, 2.24) is 19.4 Å². The Morgan fingerprint density at radius 1 is 1.10 bits per heavy atom. The van der Waals surface area contributed by atoms with Crippen molar-refractivity contribution < 1.29 is 9.90 Å². The van der Waals surface area contributed by atoms with Crippen molar-refractivity contribution in [2.45, 2.75) is 39.7 Å². The van der Waals surface area contributed by atoms with Gasteiger partial charge in [0.05, 0.1) is 23.4 Å². The number of aromatic nitrogens is 4. The Morgan fingerprint density at radius 3 is 2.61 bits per heavy atom. The van der Waals surface area contributed by atoms with Crippen LogP contribution in [-0.2, 0) is 6.54 Å². The molecular weight excluding hydrogens is 388 g/mol. The Hall–Kier alpha value is -3.67. The number of fused-ring (bicyclic) bond motifs is 1. The molecule has 3 heterocycles. The van der Waals surface area contributed by atoms with E-state index in [9.17, 15) is 9.90 Å². The van der Waals surface area contributed by atoms with E-state index >= 15 is 0 Å². The van der Waals surface area contributed by atoms with Crippen LogP contribution in [0.15, 0.2) is 60.7 Å². The molecule has 0 saturated carbocycles. The minimum absolute atomic E-state index is 0.0507. The number of hydrogen-bond donors (Lipinski definition) is 1. The summed E-state index contributed by atoms with van der Waals surface area (Å²) in [6.07, 6.45) is 7.73. The van der Waals surface area contributed by atoms with Gasteiger partial charge in [0, 0.05) is 11.3 Å². The highest BCUT2D eigenvalue weighted by Crippen LogP contribution is 2.23.